The van der Waals surface area contributed by atoms with E-state index < -0.39 is 35.0 Å². The van der Waals surface area contributed by atoms with Gasteiger partial charge in [-0.15, -0.1) is 0 Å². The van der Waals surface area contributed by atoms with Crippen molar-refractivity contribution in [2.75, 3.05) is 0 Å². The molecule has 0 saturated heterocycles. The summed E-state index contributed by atoms with van der Waals surface area (Å²) in [6.07, 6.45) is -1.48. The highest BCUT2D eigenvalue weighted by atomic mass is 32.3. The van der Waals surface area contributed by atoms with Gasteiger partial charge in [-0.3, -0.25) is 31.2 Å². The number of carbonyl (C=O) groups excluding carboxylic acids is 2. The average Bonchev–Trinajstić information content (AvgIpc) is 3.08. The second kappa shape index (κ2) is 9.21. The highest BCUT2D eigenvalue weighted by Crippen LogP contribution is 2.03. The van der Waals surface area contributed by atoms with E-state index in [0.29, 0.717) is 11.7 Å². The summed E-state index contributed by atoms with van der Waals surface area (Å²) in [6, 6.07) is -0.980. The van der Waals surface area contributed by atoms with Crippen LogP contribution in [-0.4, -0.2) is 82.4 Å². The van der Waals surface area contributed by atoms with Crippen LogP contribution in [-0.2, 0) is 10.4 Å². The fourth-order valence-electron chi connectivity index (χ4n) is 1.96. The van der Waals surface area contributed by atoms with Gasteiger partial charge in [0.05, 0.1) is 0 Å². The number of hydrogen-bond donors (Lipinski definition) is 8. The van der Waals surface area contributed by atoms with Gasteiger partial charge < -0.3 is 16.9 Å². The lowest BCUT2D eigenvalue weighted by molar-refractivity contribution is 0.253. The first-order valence-electron chi connectivity index (χ1n) is 7.17. The van der Waals surface area contributed by atoms with Crippen LogP contribution in [0.5, 0.6) is 0 Å². The van der Waals surface area contributed by atoms with Crippen molar-refractivity contribution < 1.29 is 32.6 Å². The molecule has 0 aliphatic carbocycles. The molecule has 0 radical (unpaired) electrons. The summed E-state index contributed by atoms with van der Waals surface area (Å²) in [5.41, 5.74) is 22.2. The van der Waals surface area contributed by atoms with Gasteiger partial charge in [0, 0.05) is 0 Å². The Kier molecular flexibility index (Phi) is 7.47. The van der Waals surface area contributed by atoms with Crippen molar-refractivity contribution in [2.45, 2.75) is 12.6 Å². The van der Waals surface area contributed by atoms with Crippen LogP contribution >= 0.6 is 0 Å². The zero-order valence-corrected chi connectivity index (χ0v) is 15.4. The van der Waals surface area contributed by atoms with Gasteiger partial charge in [-0.05, 0) is 0 Å². The maximum absolute atomic E-state index is 10.7. The molecule has 14 N–H and O–H groups in total. The highest BCUT2D eigenvalue weighted by molar-refractivity contribution is 7.79. The molecule has 30 heavy (non-hydrogen) atoms. The van der Waals surface area contributed by atoms with Gasteiger partial charge >= 0.3 is 22.5 Å². The third kappa shape index (κ3) is 6.73. The summed E-state index contributed by atoms with van der Waals surface area (Å²) < 4.78 is 31.6. The van der Waals surface area contributed by atoms with E-state index in [1.54, 1.807) is 0 Å². The van der Waals surface area contributed by atoms with Crippen molar-refractivity contribution in [2.24, 2.45) is 52.9 Å². The van der Waals surface area contributed by atoms with Crippen LogP contribution in [0.25, 0.3) is 0 Å². The van der Waals surface area contributed by atoms with Crippen molar-refractivity contribution in [1.82, 2.24) is 10.6 Å². The van der Waals surface area contributed by atoms with Gasteiger partial charge in [-0.1, -0.05) is 0 Å². The molecular formula is C10H16N12O7S. The molecule has 2 unspecified atom stereocenters. The number of nitrogens with zero attached hydrogens (tertiary/aromatic N) is 6. The Balaban J connectivity index is 0.000000241. The predicted octanol–water partition coefficient (Wildman–Crippen LogP) is -5.15. The monoisotopic (exact) mass is 448 g/mol. The smallest absolute Gasteiger partial charge is 0.394 e. The zero-order chi connectivity index (χ0) is 21.9. The fraction of sp³-hybridized carbons (Fsp3) is 0.200. The number of urea groups is 2. The largest absolute Gasteiger partial charge is 0.412 e. The number of nitrogens with two attached hydrogens (primary N) is 4. The van der Waals surface area contributed by atoms with E-state index in [1.165, 1.54) is 0 Å². The number of carbonyl (C=O) groups is 2. The lowest BCUT2D eigenvalue weighted by Gasteiger charge is -2.10. The number of amides is 4. The Morgan fingerprint density at radius 3 is 1.37 bits per heavy atom. The first kappa shape index (κ1) is 24.3. The van der Waals surface area contributed by atoms with Crippen molar-refractivity contribution in [3.63, 3.8) is 0 Å². The van der Waals surface area contributed by atoms with E-state index in [2.05, 4.69) is 40.6 Å². The van der Waals surface area contributed by atoms with E-state index >= 15 is 0 Å². The number of fused-ring (bicyclic) bond motifs is 2. The Morgan fingerprint density at radius 1 is 0.767 bits per heavy atom. The summed E-state index contributed by atoms with van der Waals surface area (Å²) in [6.45, 7) is 0. The van der Waals surface area contributed by atoms with E-state index in [4.69, 9.17) is 40.5 Å². The minimum atomic E-state index is -4.67. The number of nitrogens with one attached hydrogen (secondary N) is 2. The summed E-state index contributed by atoms with van der Waals surface area (Å²) in [5.74, 6) is 0.900. The minimum Gasteiger partial charge on any atom is -0.412 e. The van der Waals surface area contributed by atoms with Crippen LogP contribution in [0, 0.1) is 0 Å². The van der Waals surface area contributed by atoms with Gasteiger partial charge in [0.2, 0.25) is 0 Å². The molecule has 4 amide bonds. The van der Waals surface area contributed by atoms with Crippen LogP contribution in [0.4, 0.5) is 9.59 Å². The molecule has 0 bridgehead atoms. The van der Waals surface area contributed by atoms with Crippen LogP contribution < -0.4 is 33.6 Å². The van der Waals surface area contributed by atoms with Crippen LogP contribution in [0.2, 0.25) is 0 Å². The molecule has 164 valence electrons. The Bertz CT molecular complexity index is 964. The molecule has 0 saturated carbocycles. The number of hydrogen-bond acceptors (Lipinski definition) is 12. The number of amidine groups is 4. The van der Waals surface area contributed by atoms with Crippen LogP contribution in [0.15, 0.2) is 30.0 Å². The molecule has 0 spiro atoms. The standard InChI is InChI=1S/2C5H6N6O.H2O4S.H2O/c2*6-2-1-3(10-4(7)9-2)11-5(12)8-1;1-5(2,3)4;/h2*4H,7H2,(H2,6,9)(H,10,11,12);(H2,1,2,3,4);1H2. The molecule has 4 rings (SSSR count). The van der Waals surface area contributed by atoms with Crippen molar-refractivity contribution in [1.29, 1.82) is 0 Å². The minimum absolute atomic E-state index is 0. The molecule has 0 aromatic carbocycles. The molecule has 4 aliphatic rings. The second-order valence-corrected chi connectivity index (χ2v) is 5.94. The number of rotatable bonds is 0. The molecule has 4 heterocycles. The second-order valence-electron chi connectivity index (χ2n) is 5.04. The Labute approximate surface area is 166 Å². The lowest BCUT2D eigenvalue weighted by atomic mass is 10.3. The van der Waals surface area contributed by atoms with Crippen molar-refractivity contribution in [3.8, 4) is 0 Å². The van der Waals surface area contributed by atoms with Gasteiger partial charge in [0.25, 0.3) is 0 Å². The molecule has 2 atom stereocenters. The molecule has 0 aromatic heterocycles. The molecule has 20 heteroatoms. The molecule has 19 nitrogen and oxygen atoms in total. The summed E-state index contributed by atoms with van der Waals surface area (Å²) in [7, 11) is -4.67. The first-order valence-corrected chi connectivity index (χ1v) is 8.57. The van der Waals surface area contributed by atoms with Gasteiger partial charge in [-0.25, -0.2) is 29.6 Å². The summed E-state index contributed by atoms with van der Waals surface area (Å²) in [4.78, 5) is 43.6. The van der Waals surface area contributed by atoms with E-state index in [1.807, 2.05) is 0 Å². The van der Waals surface area contributed by atoms with Gasteiger partial charge in [-0.2, -0.15) is 18.4 Å². The van der Waals surface area contributed by atoms with E-state index in [-0.39, 0.29) is 28.6 Å². The van der Waals surface area contributed by atoms with Gasteiger partial charge in [0.1, 0.15) is 0 Å². The maximum Gasteiger partial charge on any atom is 0.394 e. The average molecular weight is 448 g/mol. The first-order chi connectivity index (χ1) is 13.3. The van der Waals surface area contributed by atoms with E-state index in [9.17, 15) is 9.59 Å². The molecule has 0 aromatic rings. The maximum atomic E-state index is 10.7. The van der Waals surface area contributed by atoms with Crippen LogP contribution in [0.1, 0.15) is 0 Å². The zero-order valence-electron chi connectivity index (χ0n) is 14.6. The SMILES string of the molecule is NC1=NC(N)N=C2NC(=O)N=C12.NC1=NC(N)N=C2NC(=O)N=C12.O.O=S(=O)(O)O. The topological polar surface area (TPSA) is 343 Å². The van der Waals surface area contributed by atoms with Gasteiger partial charge in [0.15, 0.2) is 47.3 Å². The number of aliphatic imine (C=N–C) groups is 6. The molecule has 4 aliphatic heterocycles. The van der Waals surface area contributed by atoms with Crippen molar-refractivity contribution in [3.05, 3.63) is 0 Å². The quantitative estimate of drug-likeness (QED) is 0.163. The van der Waals surface area contributed by atoms with Crippen molar-refractivity contribution >= 4 is 57.2 Å². The summed E-state index contributed by atoms with van der Waals surface area (Å²) in [5, 5.41) is 4.77. The fourth-order valence-corrected chi connectivity index (χ4v) is 1.96. The predicted molar refractivity (Wildman–Crippen MR) is 104 cm³/mol. The highest BCUT2D eigenvalue weighted by Gasteiger charge is 2.28. The lowest BCUT2D eigenvalue weighted by Crippen LogP contribution is -2.41. The molecule has 0 fully saturated rings. The normalized spacial score (nSPS) is 23.5. The third-order valence-electron chi connectivity index (χ3n) is 2.88. The third-order valence-corrected chi connectivity index (χ3v) is 2.88. The Morgan fingerprint density at radius 2 is 1.07 bits per heavy atom. The van der Waals surface area contributed by atoms with Crippen LogP contribution in [0.3, 0.4) is 0 Å². The molecular weight excluding hydrogens is 432 g/mol. The Hall–Kier alpha value is -3.69. The summed E-state index contributed by atoms with van der Waals surface area (Å²) >= 11 is 0. The van der Waals surface area contributed by atoms with E-state index in [0.717, 1.165) is 0 Å².